The zero-order valence-electron chi connectivity index (χ0n) is 4.87. The van der Waals surface area contributed by atoms with Crippen LogP contribution in [0.3, 0.4) is 0 Å². The summed E-state index contributed by atoms with van der Waals surface area (Å²) in [5.41, 5.74) is 0.0120. The number of nitrogens with zero attached hydrogens (tertiary/aromatic N) is 1. The Bertz CT molecular complexity index is 297. The van der Waals surface area contributed by atoms with Gasteiger partial charge in [-0.25, -0.2) is 9.78 Å². The van der Waals surface area contributed by atoms with E-state index in [0.29, 0.717) is 5.01 Å². The van der Waals surface area contributed by atoms with E-state index in [1.807, 2.05) is 0 Å². The summed E-state index contributed by atoms with van der Waals surface area (Å²) in [5, 5.41) is 10.2. The van der Waals surface area contributed by atoms with Gasteiger partial charge in [-0.1, -0.05) is 0 Å². The van der Waals surface area contributed by atoms with E-state index in [2.05, 4.69) is 10.9 Å². The van der Waals surface area contributed by atoms with Crippen LogP contribution in [-0.2, 0) is 0 Å². The van der Waals surface area contributed by atoms with Crippen molar-refractivity contribution in [2.45, 2.75) is 0 Å². The summed E-state index contributed by atoms with van der Waals surface area (Å²) in [6.07, 6.45) is 4.97. The van der Waals surface area contributed by atoms with Crippen molar-refractivity contribution >= 4 is 17.3 Å². The van der Waals surface area contributed by atoms with Crippen molar-refractivity contribution in [2.24, 2.45) is 0 Å². The van der Waals surface area contributed by atoms with Crippen molar-refractivity contribution in [3.05, 3.63) is 16.1 Å². The van der Waals surface area contributed by atoms with Crippen LogP contribution < -0.4 is 0 Å². The average Bonchev–Trinajstić information content (AvgIpc) is 2.34. The molecule has 0 aromatic carbocycles. The molecule has 1 rings (SSSR count). The van der Waals surface area contributed by atoms with Crippen LogP contribution in [0.25, 0.3) is 0 Å². The number of hydrogen-bond donors (Lipinski definition) is 1. The summed E-state index contributed by atoms with van der Waals surface area (Å²) in [6.45, 7) is 0. The number of aromatic nitrogens is 1. The Morgan fingerprint density at radius 1 is 1.90 bits per heavy atom. The minimum Gasteiger partial charge on any atom is -0.476 e. The maximum absolute atomic E-state index is 10.2. The van der Waals surface area contributed by atoms with Gasteiger partial charge in [0, 0.05) is 5.38 Å². The van der Waals surface area contributed by atoms with E-state index in [9.17, 15) is 4.79 Å². The summed E-state index contributed by atoms with van der Waals surface area (Å²) >= 11 is 1.15. The molecule has 0 atom stereocenters. The fourth-order valence-electron chi connectivity index (χ4n) is 0.438. The second-order valence-corrected chi connectivity index (χ2v) is 2.35. The Hall–Kier alpha value is -1.34. The summed E-state index contributed by atoms with van der Waals surface area (Å²) in [4.78, 5) is 13.8. The molecule has 1 N–H and O–H groups in total. The molecule has 0 spiro atoms. The first kappa shape index (κ1) is 6.78. The molecule has 50 valence electrons. The zero-order chi connectivity index (χ0) is 7.56. The van der Waals surface area contributed by atoms with Crippen LogP contribution in [0.15, 0.2) is 5.38 Å². The SMILES string of the molecule is C#Cc1nc(C(=O)O)cs1. The summed E-state index contributed by atoms with van der Waals surface area (Å²) in [7, 11) is 0. The molecule has 4 heteroatoms. The monoisotopic (exact) mass is 153 g/mol. The Morgan fingerprint density at radius 2 is 2.60 bits per heavy atom. The molecule has 0 amide bonds. The first-order chi connectivity index (χ1) is 4.74. The van der Waals surface area contributed by atoms with Crippen molar-refractivity contribution < 1.29 is 9.90 Å². The Kier molecular flexibility index (Phi) is 1.69. The molecule has 0 unspecified atom stereocenters. The third kappa shape index (κ3) is 1.14. The zero-order valence-corrected chi connectivity index (χ0v) is 5.68. The number of terminal acetylenes is 1. The number of carboxylic acid groups (broad SMARTS) is 1. The van der Waals surface area contributed by atoms with Gasteiger partial charge in [0.25, 0.3) is 0 Å². The maximum Gasteiger partial charge on any atom is 0.355 e. The third-order valence-corrected chi connectivity index (χ3v) is 1.62. The third-order valence-electron chi connectivity index (χ3n) is 0.847. The molecule has 0 radical (unpaired) electrons. The van der Waals surface area contributed by atoms with Gasteiger partial charge in [-0.15, -0.1) is 17.8 Å². The molecule has 1 heterocycles. The van der Waals surface area contributed by atoms with Crippen LogP contribution in [0.4, 0.5) is 0 Å². The molecule has 0 aliphatic rings. The van der Waals surface area contributed by atoms with E-state index in [1.165, 1.54) is 5.38 Å². The van der Waals surface area contributed by atoms with Gasteiger partial charge in [-0.3, -0.25) is 0 Å². The van der Waals surface area contributed by atoms with Crippen molar-refractivity contribution in [2.75, 3.05) is 0 Å². The van der Waals surface area contributed by atoms with Crippen molar-refractivity contribution in [3.8, 4) is 12.3 Å². The van der Waals surface area contributed by atoms with E-state index in [-0.39, 0.29) is 5.69 Å². The fourth-order valence-corrected chi connectivity index (χ4v) is 1.03. The number of carbonyl (C=O) groups is 1. The van der Waals surface area contributed by atoms with Crippen LogP contribution >= 0.6 is 11.3 Å². The minimum absolute atomic E-state index is 0.0120. The van der Waals surface area contributed by atoms with Crippen molar-refractivity contribution in [1.29, 1.82) is 0 Å². The summed E-state index contributed by atoms with van der Waals surface area (Å²) in [5.74, 6) is 1.20. The van der Waals surface area contributed by atoms with E-state index >= 15 is 0 Å². The van der Waals surface area contributed by atoms with E-state index in [4.69, 9.17) is 11.5 Å². The van der Waals surface area contributed by atoms with Crippen LogP contribution in [0, 0.1) is 12.3 Å². The smallest absolute Gasteiger partial charge is 0.355 e. The topological polar surface area (TPSA) is 50.2 Å². The second kappa shape index (κ2) is 2.50. The highest BCUT2D eigenvalue weighted by Crippen LogP contribution is 2.07. The van der Waals surface area contributed by atoms with E-state index in [0.717, 1.165) is 11.3 Å². The predicted octanol–water partition coefficient (Wildman–Crippen LogP) is 0.823. The largest absolute Gasteiger partial charge is 0.476 e. The predicted molar refractivity (Wildman–Crippen MR) is 37.0 cm³/mol. The molecule has 1 aromatic rings. The fraction of sp³-hybridized carbons (Fsp3) is 0. The normalized spacial score (nSPS) is 8.70. The summed E-state index contributed by atoms with van der Waals surface area (Å²) < 4.78 is 0. The highest BCUT2D eigenvalue weighted by Gasteiger charge is 2.05. The average molecular weight is 153 g/mol. The van der Waals surface area contributed by atoms with Gasteiger partial charge in [0.2, 0.25) is 0 Å². The molecule has 0 saturated carbocycles. The molecule has 0 saturated heterocycles. The standard InChI is InChI=1S/C6H3NO2S/c1-2-5-7-4(3-10-5)6(8)9/h1,3H,(H,8,9). The minimum atomic E-state index is -1.04. The Morgan fingerprint density at radius 3 is 2.90 bits per heavy atom. The first-order valence-corrected chi connectivity index (χ1v) is 3.27. The van der Waals surface area contributed by atoms with E-state index < -0.39 is 5.97 Å². The first-order valence-electron chi connectivity index (χ1n) is 2.39. The number of hydrogen-bond acceptors (Lipinski definition) is 3. The lowest BCUT2D eigenvalue weighted by Crippen LogP contribution is -1.95. The maximum atomic E-state index is 10.2. The molecule has 0 aliphatic heterocycles. The van der Waals surface area contributed by atoms with Gasteiger partial charge in [0.1, 0.15) is 0 Å². The Balaban J connectivity index is 3.02. The number of carboxylic acids is 1. The molecule has 0 fully saturated rings. The lowest BCUT2D eigenvalue weighted by molar-refractivity contribution is 0.0691. The second-order valence-electron chi connectivity index (χ2n) is 1.49. The number of aromatic carboxylic acids is 1. The van der Waals surface area contributed by atoms with Gasteiger partial charge in [-0.2, -0.15) is 0 Å². The lowest BCUT2D eigenvalue weighted by atomic mass is 10.5. The highest BCUT2D eigenvalue weighted by molar-refractivity contribution is 7.10. The van der Waals surface area contributed by atoms with Gasteiger partial charge in [-0.05, 0) is 5.92 Å². The molecular weight excluding hydrogens is 150 g/mol. The molecule has 1 aromatic heterocycles. The van der Waals surface area contributed by atoms with E-state index in [1.54, 1.807) is 0 Å². The molecule has 10 heavy (non-hydrogen) atoms. The van der Waals surface area contributed by atoms with Crippen LogP contribution in [0.2, 0.25) is 0 Å². The van der Waals surface area contributed by atoms with Gasteiger partial charge >= 0.3 is 5.97 Å². The summed E-state index contributed by atoms with van der Waals surface area (Å²) in [6, 6.07) is 0. The van der Waals surface area contributed by atoms with Crippen LogP contribution in [0.5, 0.6) is 0 Å². The quantitative estimate of drug-likeness (QED) is 0.608. The highest BCUT2D eigenvalue weighted by atomic mass is 32.1. The molecule has 0 bridgehead atoms. The van der Waals surface area contributed by atoms with Gasteiger partial charge < -0.3 is 5.11 Å². The van der Waals surface area contributed by atoms with Gasteiger partial charge in [0.15, 0.2) is 10.7 Å². The van der Waals surface area contributed by atoms with Crippen molar-refractivity contribution in [1.82, 2.24) is 4.98 Å². The Labute approximate surface area is 61.3 Å². The molecule has 3 nitrogen and oxygen atoms in total. The lowest BCUT2D eigenvalue weighted by Gasteiger charge is -1.79. The van der Waals surface area contributed by atoms with Crippen LogP contribution in [0.1, 0.15) is 15.5 Å². The van der Waals surface area contributed by atoms with Gasteiger partial charge in [0.05, 0.1) is 0 Å². The van der Waals surface area contributed by atoms with Crippen LogP contribution in [-0.4, -0.2) is 16.1 Å². The number of rotatable bonds is 1. The molecular formula is C6H3NO2S. The number of thiazole rings is 1. The molecule has 0 aliphatic carbocycles. The van der Waals surface area contributed by atoms with Crippen molar-refractivity contribution in [3.63, 3.8) is 0 Å².